The topological polar surface area (TPSA) is 102 Å². The van der Waals surface area contributed by atoms with Crippen molar-refractivity contribution >= 4 is 28.4 Å². The molecule has 28 heavy (non-hydrogen) atoms. The number of carbonyl (C=O) groups is 2. The normalized spacial score (nSPS) is 10.4. The summed E-state index contributed by atoms with van der Waals surface area (Å²) in [6.45, 7) is -0.181. The fraction of sp³-hybridized carbons (Fsp3) is 0.200. The summed E-state index contributed by atoms with van der Waals surface area (Å²) in [5.41, 5.74) is 1.53. The fourth-order valence-electron chi connectivity index (χ4n) is 2.80. The molecule has 146 valence electrons. The van der Waals surface area contributed by atoms with Crippen LogP contribution in [0.4, 0.5) is 5.69 Å². The number of methoxy groups -OCH3 is 3. The Morgan fingerprint density at radius 2 is 1.71 bits per heavy atom. The number of aromatic nitrogens is 1. The second kappa shape index (κ2) is 8.34. The van der Waals surface area contributed by atoms with Crippen molar-refractivity contribution in [3.05, 3.63) is 48.2 Å². The lowest BCUT2D eigenvalue weighted by Gasteiger charge is -2.07. The summed E-state index contributed by atoms with van der Waals surface area (Å²) in [4.78, 5) is 27.6. The van der Waals surface area contributed by atoms with E-state index >= 15 is 0 Å². The van der Waals surface area contributed by atoms with Crippen molar-refractivity contribution in [2.24, 2.45) is 0 Å². The molecule has 1 aromatic heterocycles. The second-order valence-corrected chi connectivity index (χ2v) is 5.90. The zero-order valence-corrected chi connectivity index (χ0v) is 15.8. The molecule has 0 radical (unpaired) electrons. The van der Waals surface area contributed by atoms with Crippen LogP contribution in [0.2, 0.25) is 0 Å². The van der Waals surface area contributed by atoms with Crippen LogP contribution in [0.15, 0.2) is 42.5 Å². The summed E-state index contributed by atoms with van der Waals surface area (Å²) in [6.07, 6.45) is 0. The van der Waals surface area contributed by atoms with Gasteiger partial charge in [0, 0.05) is 17.1 Å². The smallest absolute Gasteiger partial charge is 0.268 e. The van der Waals surface area contributed by atoms with Gasteiger partial charge in [0.05, 0.1) is 33.4 Å². The number of H-pyrrole nitrogens is 1. The number of benzene rings is 2. The number of carbonyl (C=O) groups excluding carboxylic acids is 2. The van der Waals surface area contributed by atoms with Crippen molar-refractivity contribution < 1.29 is 23.8 Å². The zero-order valence-electron chi connectivity index (χ0n) is 15.8. The molecule has 3 N–H and O–H groups in total. The SMILES string of the molecule is COc1cccc(NC(=O)CNC(=O)c2cc3c(OC)ccc(OC)c3[nH]2)c1. The van der Waals surface area contributed by atoms with E-state index in [2.05, 4.69) is 15.6 Å². The number of rotatable bonds is 7. The summed E-state index contributed by atoms with van der Waals surface area (Å²) in [7, 11) is 4.65. The lowest BCUT2D eigenvalue weighted by atomic mass is 10.2. The first-order valence-electron chi connectivity index (χ1n) is 8.51. The first-order valence-corrected chi connectivity index (χ1v) is 8.51. The summed E-state index contributed by atoms with van der Waals surface area (Å²) in [5.74, 6) is 1.06. The highest BCUT2D eigenvalue weighted by Crippen LogP contribution is 2.33. The summed E-state index contributed by atoms with van der Waals surface area (Å²) < 4.78 is 15.7. The van der Waals surface area contributed by atoms with Crippen LogP contribution in [0.25, 0.3) is 10.9 Å². The average Bonchev–Trinajstić information content (AvgIpc) is 3.17. The quantitative estimate of drug-likeness (QED) is 0.582. The lowest BCUT2D eigenvalue weighted by Crippen LogP contribution is -2.33. The molecule has 0 atom stereocenters. The van der Waals surface area contributed by atoms with E-state index < -0.39 is 5.91 Å². The molecule has 2 amide bonds. The lowest BCUT2D eigenvalue weighted by molar-refractivity contribution is -0.115. The van der Waals surface area contributed by atoms with Crippen molar-refractivity contribution in [3.63, 3.8) is 0 Å². The molecule has 8 heteroatoms. The summed E-state index contributed by atoms with van der Waals surface area (Å²) in [6, 6.07) is 12.1. The van der Waals surface area contributed by atoms with Crippen molar-refractivity contribution in [2.45, 2.75) is 0 Å². The van der Waals surface area contributed by atoms with E-state index in [1.807, 2.05) is 0 Å². The molecule has 0 aliphatic heterocycles. The molecule has 3 rings (SSSR count). The summed E-state index contributed by atoms with van der Waals surface area (Å²) >= 11 is 0. The van der Waals surface area contributed by atoms with Gasteiger partial charge in [0.15, 0.2) is 0 Å². The molecular weight excluding hydrogens is 362 g/mol. The molecule has 0 saturated heterocycles. The maximum Gasteiger partial charge on any atom is 0.268 e. The third kappa shape index (κ3) is 4.01. The van der Waals surface area contributed by atoms with Crippen LogP contribution in [-0.4, -0.2) is 44.7 Å². The Bertz CT molecular complexity index is 971. The minimum absolute atomic E-state index is 0.181. The Morgan fingerprint density at radius 1 is 0.964 bits per heavy atom. The van der Waals surface area contributed by atoms with Gasteiger partial charge in [-0.3, -0.25) is 9.59 Å². The number of nitrogens with one attached hydrogen (secondary N) is 3. The van der Waals surface area contributed by atoms with Crippen LogP contribution >= 0.6 is 0 Å². The Kier molecular flexibility index (Phi) is 5.69. The van der Waals surface area contributed by atoms with Crippen LogP contribution in [0, 0.1) is 0 Å². The third-order valence-corrected chi connectivity index (χ3v) is 4.16. The van der Waals surface area contributed by atoms with Crippen LogP contribution in [0.3, 0.4) is 0 Å². The van der Waals surface area contributed by atoms with E-state index in [1.165, 1.54) is 0 Å². The Labute approximate surface area is 161 Å². The van der Waals surface area contributed by atoms with E-state index in [1.54, 1.807) is 63.8 Å². The molecule has 2 aromatic carbocycles. The van der Waals surface area contributed by atoms with Gasteiger partial charge >= 0.3 is 0 Å². The molecular formula is C20H21N3O5. The van der Waals surface area contributed by atoms with E-state index in [9.17, 15) is 9.59 Å². The molecule has 0 bridgehead atoms. The van der Waals surface area contributed by atoms with E-state index in [0.717, 1.165) is 0 Å². The predicted octanol–water partition coefficient (Wildman–Crippen LogP) is 2.56. The van der Waals surface area contributed by atoms with E-state index in [0.29, 0.717) is 39.5 Å². The van der Waals surface area contributed by atoms with Gasteiger partial charge in [-0.05, 0) is 30.3 Å². The molecule has 0 fully saturated rings. The van der Waals surface area contributed by atoms with Gasteiger partial charge in [-0.2, -0.15) is 0 Å². The molecule has 1 heterocycles. The van der Waals surface area contributed by atoms with Gasteiger partial charge in [0.2, 0.25) is 5.91 Å². The van der Waals surface area contributed by atoms with Gasteiger partial charge < -0.3 is 29.8 Å². The van der Waals surface area contributed by atoms with Gasteiger partial charge in [0.25, 0.3) is 5.91 Å². The number of hydrogen-bond donors (Lipinski definition) is 3. The van der Waals surface area contributed by atoms with Crippen molar-refractivity contribution in [3.8, 4) is 17.2 Å². The number of amides is 2. The molecule has 8 nitrogen and oxygen atoms in total. The average molecular weight is 383 g/mol. The first kappa shape index (κ1) is 19.1. The highest BCUT2D eigenvalue weighted by Gasteiger charge is 2.16. The predicted molar refractivity (Wildman–Crippen MR) is 105 cm³/mol. The maximum absolute atomic E-state index is 12.4. The monoisotopic (exact) mass is 383 g/mol. The van der Waals surface area contributed by atoms with Crippen molar-refractivity contribution in [2.75, 3.05) is 33.2 Å². The number of ether oxygens (including phenoxy) is 3. The van der Waals surface area contributed by atoms with Gasteiger partial charge in [-0.1, -0.05) is 6.07 Å². The van der Waals surface area contributed by atoms with Crippen LogP contribution < -0.4 is 24.8 Å². The number of hydrogen-bond acceptors (Lipinski definition) is 5. The number of fused-ring (bicyclic) bond motifs is 1. The first-order chi connectivity index (χ1) is 13.5. The molecule has 3 aromatic rings. The van der Waals surface area contributed by atoms with Gasteiger partial charge in [-0.25, -0.2) is 0 Å². The third-order valence-electron chi connectivity index (χ3n) is 4.16. The largest absolute Gasteiger partial charge is 0.497 e. The minimum atomic E-state index is -0.416. The molecule has 0 unspecified atom stereocenters. The van der Waals surface area contributed by atoms with Crippen molar-refractivity contribution in [1.82, 2.24) is 10.3 Å². The minimum Gasteiger partial charge on any atom is -0.497 e. The molecule has 0 aliphatic rings. The number of anilines is 1. The molecule has 0 spiro atoms. The van der Waals surface area contributed by atoms with Crippen LogP contribution in [0.1, 0.15) is 10.5 Å². The zero-order chi connectivity index (χ0) is 20.1. The molecule has 0 aliphatic carbocycles. The second-order valence-electron chi connectivity index (χ2n) is 5.90. The Morgan fingerprint density at radius 3 is 2.43 bits per heavy atom. The maximum atomic E-state index is 12.4. The van der Waals surface area contributed by atoms with E-state index in [-0.39, 0.29) is 12.5 Å². The highest BCUT2D eigenvalue weighted by molar-refractivity contribution is 6.03. The molecule has 0 saturated carbocycles. The number of aromatic amines is 1. The van der Waals surface area contributed by atoms with Gasteiger partial charge in [0.1, 0.15) is 22.9 Å². The van der Waals surface area contributed by atoms with E-state index in [4.69, 9.17) is 14.2 Å². The van der Waals surface area contributed by atoms with Crippen LogP contribution in [-0.2, 0) is 4.79 Å². The van der Waals surface area contributed by atoms with Crippen LogP contribution in [0.5, 0.6) is 17.2 Å². The van der Waals surface area contributed by atoms with Gasteiger partial charge in [-0.15, -0.1) is 0 Å². The fourth-order valence-corrected chi connectivity index (χ4v) is 2.80. The Hall–Kier alpha value is -3.68. The highest BCUT2D eigenvalue weighted by atomic mass is 16.5. The van der Waals surface area contributed by atoms with Crippen molar-refractivity contribution in [1.29, 1.82) is 0 Å². The standard InChI is InChI=1S/C20H21N3O5/c1-26-13-6-4-5-12(9-13)22-18(24)11-21-20(25)15-10-14-16(27-2)7-8-17(28-3)19(14)23-15/h4-10,23H,11H2,1-3H3,(H,21,25)(H,22,24). The Balaban J connectivity index is 1.68. The summed E-state index contributed by atoms with van der Waals surface area (Å²) in [5, 5.41) is 6.01.